The topological polar surface area (TPSA) is 64.3 Å². The van der Waals surface area contributed by atoms with Crippen LogP contribution in [0.25, 0.3) is 0 Å². The van der Waals surface area contributed by atoms with E-state index in [1.165, 1.54) is 11.9 Å². The van der Waals surface area contributed by atoms with Gasteiger partial charge in [-0.15, -0.1) is 0 Å². The van der Waals surface area contributed by atoms with E-state index in [0.717, 1.165) is 31.9 Å². The van der Waals surface area contributed by atoms with Gasteiger partial charge in [-0.2, -0.15) is 0 Å². The highest BCUT2D eigenvalue weighted by Crippen LogP contribution is 2.20. The molecule has 0 bridgehead atoms. The van der Waals surface area contributed by atoms with E-state index < -0.39 is 0 Å². The Labute approximate surface area is 137 Å². The molecule has 2 N–H and O–H groups in total. The van der Waals surface area contributed by atoms with Crippen molar-refractivity contribution in [2.45, 2.75) is 0 Å². The van der Waals surface area contributed by atoms with Crippen LogP contribution in [0, 0.1) is 0 Å². The summed E-state index contributed by atoms with van der Waals surface area (Å²) in [5.41, 5.74) is 1.91. The molecule has 1 saturated heterocycles. The van der Waals surface area contributed by atoms with E-state index in [2.05, 4.69) is 60.2 Å². The zero-order valence-corrected chi connectivity index (χ0v) is 13.9. The molecule has 1 fully saturated rings. The molecular formula is C15H18BrN5O. The number of likely N-dealkylation sites (N-methyl/N-ethyl adjacent to an activating group) is 1. The molecule has 0 radical (unpaired) electrons. The van der Waals surface area contributed by atoms with Gasteiger partial charge < -0.3 is 15.1 Å². The number of nitrogens with one attached hydrogen (secondary N) is 2. The summed E-state index contributed by atoms with van der Waals surface area (Å²) in [7, 11) is 2.15. The monoisotopic (exact) mass is 363 g/mol. The van der Waals surface area contributed by atoms with E-state index in [1.807, 2.05) is 12.1 Å². The van der Waals surface area contributed by atoms with Crippen molar-refractivity contribution in [3.63, 3.8) is 0 Å². The predicted molar refractivity (Wildman–Crippen MR) is 92.0 cm³/mol. The molecule has 2 aromatic rings. The highest BCUT2D eigenvalue weighted by atomic mass is 79.9. The zero-order valence-electron chi connectivity index (χ0n) is 12.3. The second-order valence-electron chi connectivity index (χ2n) is 5.37. The zero-order chi connectivity index (χ0) is 15.5. The molecular weight excluding hydrogens is 346 g/mol. The number of rotatable bonds is 3. The predicted octanol–water partition coefficient (Wildman–Crippen LogP) is 2.03. The van der Waals surface area contributed by atoms with Gasteiger partial charge in [0.15, 0.2) is 0 Å². The molecule has 7 heteroatoms. The number of halogens is 1. The number of hydrogen-bond acceptors (Lipinski definition) is 5. The minimum Gasteiger partial charge on any atom is -0.369 e. The Morgan fingerprint density at radius 3 is 2.50 bits per heavy atom. The first kappa shape index (κ1) is 15.1. The van der Waals surface area contributed by atoms with Crippen LogP contribution in [0.15, 0.2) is 39.7 Å². The Balaban J connectivity index is 1.68. The van der Waals surface area contributed by atoms with Gasteiger partial charge in [-0.25, -0.2) is 4.98 Å². The third-order valence-corrected chi connectivity index (χ3v) is 4.32. The first-order chi connectivity index (χ1) is 10.6. The van der Waals surface area contributed by atoms with Crippen molar-refractivity contribution in [2.24, 2.45) is 0 Å². The van der Waals surface area contributed by atoms with Gasteiger partial charge in [0, 0.05) is 37.6 Å². The van der Waals surface area contributed by atoms with E-state index in [9.17, 15) is 4.79 Å². The lowest BCUT2D eigenvalue weighted by Gasteiger charge is -2.34. The lowest BCUT2D eigenvalue weighted by molar-refractivity contribution is 0.313. The average Bonchev–Trinajstić information content (AvgIpc) is 2.53. The molecule has 0 aliphatic carbocycles. The summed E-state index contributed by atoms with van der Waals surface area (Å²) in [6.45, 7) is 4.27. The smallest absolute Gasteiger partial charge is 0.266 e. The molecule has 1 aliphatic heterocycles. The standard InChI is InChI=1S/C15H18BrN5O/c1-20-6-8-21(9-7-20)12-4-2-11(3-5-12)18-15-17-10-13(16)14(22)19-15/h2-5,10H,6-9H2,1H3,(H2,17,18,19,22). The van der Waals surface area contributed by atoms with Crippen LogP contribution in [-0.2, 0) is 0 Å². The van der Waals surface area contributed by atoms with E-state index in [4.69, 9.17) is 0 Å². The van der Waals surface area contributed by atoms with Gasteiger partial charge in [-0.3, -0.25) is 9.78 Å². The van der Waals surface area contributed by atoms with Crippen molar-refractivity contribution < 1.29 is 0 Å². The van der Waals surface area contributed by atoms with Crippen molar-refractivity contribution in [2.75, 3.05) is 43.4 Å². The summed E-state index contributed by atoms with van der Waals surface area (Å²) >= 11 is 3.13. The summed E-state index contributed by atoms with van der Waals surface area (Å²) < 4.78 is 0.420. The quantitative estimate of drug-likeness (QED) is 0.873. The van der Waals surface area contributed by atoms with Gasteiger partial charge in [0.1, 0.15) is 4.47 Å². The molecule has 1 aromatic carbocycles. The lowest BCUT2D eigenvalue weighted by Crippen LogP contribution is -2.44. The maximum atomic E-state index is 11.5. The number of aromatic nitrogens is 2. The van der Waals surface area contributed by atoms with Crippen molar-refractivity contribution in [3.8, 4) is 0 Å². The molecule has 2 heterocycles. The fraction of sp³-hybridized carbons (Fsp3) is 0.333. The second kappa shape index (κ2) is 6.50. The highest BCUT2D eigenvalue weighted by Gasteiger charge is 2.13. The molecule has 6 nitrogen and oxygen atoms in total. The van der Waals surface area contributed by atoms with Crippen LogP contribution in [0.2, 0.25) is 0 Å². The third-order valence-electron chi connectivity index (χ3n) is 3.75. The third kappa shape index (κ3) is 3.48. The van der Waals surface area contributed by atoms with Gasteiger partial charge in [-0.1, -0.05) is 0 Å². The largest absolute Gasteiger partial charge is 0.369 e. The van der Waals surface area contributed by atoms with Crippen LogP contribution in [0.1, 0.15) is 0 Å². The minimum atomic E-state index is -0.202. The minimum absolute atomic E-state index is 0.202. The van der Waals surface area contributed by atoms with Gasteiger partial charge in [0.05, 0.1) is 6.20 Å². The number of aromatic amines is 1. The van der Waals surface area contributed by atoms with Crippen molar-refractivity contribution in [1.82, 2.24) is 14.9 Å². The molecule has 22 heavy (non-hydrogen) atoms. The van der Waals surface area contributed by atoms with E-state index in [1.54, 1.807) is 0 Å². The first-order valence-corrected chi connectivity index (χ1v) is 7.96. The maximum absolute atomic E-state index is 11.5. The molecule has 0 spiro atoms. The van der Waals surface area contributed by atoms with E-state index >= 15 is 0 Å². The van der Waals surface area contributed by atoms with Gasteiger partial charge in [0.2, 0.25) is 5.95 Å². The summed E-state index contributed by atoms with van der Waals surface area (Å²) in [6, 6.07) is 8.17. The molecule has 0 atom stereocenters. The van der Waals surface area contributed by atoms with E-state index in [-0.39, 0.29) is 5.56 Å². The fourth-order valence-electron chi connectivity index (χ4n) is 2.40. The van der Waals surface area contributed by atoms with Crippen molar-refractivity contribution >= 4 is 33.3 Å². The SMILES string of the molecule is CN1CCN(c2ccc(Nc3ncc(Br)c(=O)[nH]3)cc2)CC1. The molecule has 1 aromatic heterocycles. The Morgan fingerprint density at radius 2 is 1.86 bits per heavy atom. The normalized spacial score (nSPS) is 15.8. The van der Waals surface area contributed by atoms with Gasteiger partial charge >= 0.3 is 0 Å². The summed E-state index contributed by atoms with van der Waals surface area (Å²) in [4.78, 5) is 23.0. The van der Waals surface area contributed by atoms with Crippen LogP contribution < -0.4 is 15.8 Å². The van der Waals surface area contributed by atoms with Crippen LogP contribution in [-0.4, -0.2) is 48.1 Å². The highest BCUT2D eigenvalue weighted by molar-refractivity contribution is 9.10. The Bertz CT molecular complexity index is 692. The number of benzene rings is 1. The number of hydrogen-bond donors (Lipinski definition) is 2. The molecule has 116 valence electrons. The molecule has 0 amide bonds. The molecule has 1 aliphatic rings. The number of anilines is 3. The van der Waals surface area contributed by atoms with Crippen molar-refractivity contribution in [1.29, 1.82) is 0 Å². The number of H-pyrrole nitrogens is 1. The average molecular weight is 364 g/mol. The summed E-state index contributed by atoms with van der Waals surface area (Å²) in [6.07, 6.45) is 1.49. The fourth-order valence-corrected chi connectivity index (χ4v) is 2.60. The Kier molecular flexibility index (Phi) is 4.44. The maximum Gasteiger partial charge on any atom is 0.266 e. The van der Waals surface area contributed by atoms with Gasteiger partial charge in [-0.05, 0) is 47.2 Å². The summed E-state index contributed by atoms with van der Waals surface area (Å²) in [5, 5.41) is 3.09. The van der Waals surface area contributed by atoms with Crippen LogP contribution >= 0.6 is 15.9 Å². The Morgan fingerprint density at radius 1 is 1.18 bits per heavy atom. The van der Waals surface area contributed by atoms with Crippen LogP contribution in [0.5, 0.6) is 0 Å². The second-order valence-corrected chi connectivity index (χ2v) is 6.23. The summed E-state index contributed by atoms with van der Waals surface area (Å²) in [5.74, 6) is 0.431. The van der Waals surface area contributed by atoms with Gasteiger partial charge in [0.25, 0.3) is 5.56 Å². The first-order valence-electron chi connectivity index (χ1n) is 7.17. The Hall–Kier alpha value is -1.86. The molecule has 0 saturated carbocycles. The molecule has 0 unspecified atom stereocenters. The van der Waals surface area contributed by atoms with Crippen LogP contribution in [0.4, 0.5) is 17.3 Å². The lowest BCUT2D eigenvalue weighted by atomic mass is 10.2. The van der Waals surface area contributed by atoms with E-state index in [0.29, 0.717) is 10.4 Å². The van der Waals surface area contributed by atoms with Crippen LogP contribution in [0.3, 0.4) is 0 Å². The number of piperazine rings is 1. The molecule has 3 rings (SSSR count). The van der Waals surface area contributed by atoms with Crippen molar-refractivity contribution in [3.05, 3.63) is 45.3 Å². The number of nitrogens with zero attached hydrogens (tertiary/aromatic N) is 3.